The van der Waals surface area contributed by atoms with Crippen molar-refractivity contribution in [1.29, 1.82) is 0 Å². The fourth-order valence-electron chi connectivity index (χ4n) is 6.73. The third-order valence-electron chi connectivity index (χ3n) is 10.4. The molecule has 56 heavy (non-hydrogen) atoms. The van der Waals surface area contributed by atoms with E-state index in [2.05, 4.69) is 93.7 Å². The number of ketones is 2. The molecule has 2 heteroatoms. The molecule has 0 aliphatic heterocycles. The lowest BCUT2D eigenvalue weighted by Crippen LogP contribution is -1.97. The molecule has 0 N–H and O–H groups in total. The van der Waals surface area contributed by atoms with Crippen LogP contribution >= 0.6 is 0 Å². The van der Waals surface area contributed by atoms with Gasteiger partial charge in [-0.2, -0.15) is 0 Å². The zero-order valence-corrected chi connectivity index (χ0v) is 37.3. The van der Waals surface area contributed by atoms with Gasteiger partial charge in [-0.25, -0.2) is 0 Å². The minimum absolute atomic E-state index is 0.122. The van der Waals surface area contributed by atoms with E-state index in [-0.39, 0.29) is 5.78 Å². The minimum atomic E-state index is 0.122. The number of carbonyl (C=O) groups is 2. The fraction of sp³-hybridized carbons (Fsp3) is 0.667. The third-order valence-corrected chi connectivity index (χ3v) is 10.4. The molecule has 0 aromatic carbocycles. The van der Waals surface area contributed by atoms with Crippen LogP contribution in [0.15, 0.2) is 96.7 Å². The first-order valence-electron chi connectivity index (χ1n) is 24.0. The molecule has 2 nitrogen and oxygen atoms in total. The Kier molecular flexibility index (Phi) is 44.4. The summed E-state index contributed by atoms with van der Waals surface area (Å²) in [6.45, 7) is 6.67. The summed E-state index contributed by atoms with van der Waals surface area (Å²) in [6.07, 6.45) is 71.1. The maximum atomic E-state index is 13.0. The lowest BCUT2D eigenvalue weighted by Gasteiger charge is -2.02. The summed E-state index contributed by atoms with van der Waals surface area (Å²) in [5, 5.41) is 0. The second kappa shape index (κ2) is 46.6. The highest BCUT2D eigenvalue weighted by atomic mass is 16.1. The molecule has 0 atom stereocenters. The molecule has 0 rings (SSSR count). The third kappa shape index (κ3) is 42.4. The average Bonchev–Trinajstić information content (AvgIpc) is 3.20. The Bertz CT molecular complexity index is 1110. The van der Waals surface area contributed by atoms with Crippen molar-refractivity contribution in [3.63, 3.8) is 0 Å². The van der Waals surface area contributed by atoms with E-state index in [0.717, 1.165) is 89.0 Å². The van der Waals surface area contributed by atoms with Crippen molar-refractivity contribution < 1.29 is 9.59 Å². The first kappa shape index (κ1) is 53.3. The normalized spacial score (nSPS) is 12.9. The molecule has 0 bridgehead atoms. The molecule has 0 aliphatic carbocycles. The summed E-state index contributed by atoms with van der Waals surface area (Å²) in [5.74, 6) is 0.568. The SMILES string of the molecule is CCC=CCC=C(CC=CCCCCCCCC(=O)CCCCCC=CCC=CCC=CCCCCC)C(=O)C=CC=CCCCCCCCCCCCCC. The predicted molar refractivity (Wildman–Crippen MR) is 251 cm³/mol. The Morgan fingerprint density at radius 3 is 1.34 bits per heavy atom. The molecule has 0 saturated carbocycles. The number of Topliss-reactive ketones (excluding diaryl/α,β-unsaturated/α-hetero) is 1. The second-order valence-electron chi connectivity index (χ2n) is 15.8. The molecule has 318 valence electrons. The fourth-order valence-corrected chi connectivity index (χ4v) is 6.73. The van der Waals surface area contributed by atoms with Crippen molar-refractivity contribution in [3.05, 3.63) is 96.7 Å². The summed E-state index contributed by atoms with van der Waals surface area (Å²) in [6, 6.07) is 0. The van der Waals surface area contributed by atoms with Crippen LogP contribution in [0.2, 0.25) is 0 Å². The van der Waals surface area contributed by atoms with Crippen molar-refractivity contribution in [3.8, 4) is 0 Å². The maximum Gasteiger partial charge on any atom is 0.181 e. The molecule has 0 aromatic heterocycles. The quantitative estimate of drug-likeness (QED) is 0.0268. The molecule has 0 fully saturated rings. The highest BCUT2D eigenvalue weighted by molar-refractivity contribution is 6.04. The van der Waals surface area contributed by atoms with Crippen LogP contribution in [-0.2, 0) is 9.59 Å². The van der Waals surface area contributed by atoms with Gasteiger partial charge in [0.25, 0.3) is 0 Å². The number of hydrogen-bond acceptors (Lipinski definition) is 2. The van der Waals surface area contributed by atoms with Crippen molar-refractivity contribution in [2.45, 2.75) is 233 Å². The number of allylic oxidation sites excluding steroid dienone is 16. The van der Waals surface area contributed by atoms with Crippen LogP contribution in [0.25, 0.3) is 0 Å². The van der Waals surface area contributed by atoms with Gasteiger partial charge in [0.2, 0.25) is 0 Å². The van der Waals surface area contributed by atoms with E-state index in [0.29, 0.717) is 12.2 Å². The first-order chi connectivity index (χ1) is 27.7. The van der Waals surface area contributed by atoms with E-state index in [1.54, 1.807) is 6.08 Å². The molecule has 0 aliphatic rings. The van der Waals surface area contributed by atoms with Gasteiger partial charge in [-0.15, -0.1) is 0 Å². The van der Waals surface area contributed by atoms with E-state index < -0.39 is 0 Å². The number of hydrogen-bond donors (Lipinski definition) is 0. The standard InChI is InChI=1S/C54H90O2/c1-4-7-10-13-15-17-19-21-23-25-26-28-30-35-39-44-49-53(55)50-45-40-36-33-32-34-38-43-48-52(47-42-12-9-6-3)54(56)51-46-41-37-31-29-27-24-22-20-18-16-14-11-8-5-2/h9,12,15,17,21,23,26,28,37-38,41,43,46-47,51H,4-8,10-11,13-14,16,18-20,22,24-25,27,29-36,39-40,42,44-45,48-50H2,1-3H3. The second-order valence-corrected chi connectivity index (χ2v) is 15.8. The van der Waals surface area contributed by atoms with Crippen molar-refractivity contribution in [2.24, 2.45) is 0 Å². The Labute approximate surface area is 349 Å². The molecular weight excluding hydrogens is 681 g/mol. The number of unbranched alkanes of at least 4 members (excludes halogenated alkanes) is 22. The molecule has 0 unspecified atom stereocenters. The monoisotopic (exact) mass is 771 g/mol. The van der Waals surface area contributed by atoms with Gasteiger partial charge in [-0.3, -0.25) is 9.59 Å². The number of carbonyl (C=O) groups excluding carboxylic acids is 2. The predicted octanol–water partition coefficient (Wildman–Crippen LogP) is 17.9. The van der Waals surface area contributed by atoms with Gasteiger partial charge in [0.15, 0.2) is 5.78 Å². The lowest BCUT2D eigenvalue weighted by atomic mass is 10.0. The van der Waals surface area contributed by atoms with Crippen LogP contribution in [0.5, 0.6) is 0 Å². The van der Waals surface area contributed by atoms with Crippen molar-refractivity contribution in [2.75, 3.05) is 0 Å². The highest BCUT2D eigenvalue weighted by Gasteiger charge is 2.04. The minimum Gasteiger partial charge on any atom is -0.300 e. The van der Waals surface area contributed by atoms with E-state index in [9.17, 15) is 9.59 Å². The molecule has 0 amide bonds. The highest BCUT2D eigenvalue weighted by Crippen LogP contribution is 2.14. The van der Waals surface area contributed by atoms with E-state index in [4.69, 9.17) is 0 Å². The molecule has 0 spiro atoms. The van der Waals surface area contributed by atoms with Crippen LogP contribution in [0, 0.1) is 0 Å². The summed E-state index contributed by atoms with van der Waals surface area (Å²) >= 11 is 0. The molecular formula is C54H90O2. The Hall–Kier alpha value is -2.74. The van der Waals surface area contributed by atoms with Crippen LogP contribution in [0.4, 0.5) is 0 Å². The van der Waals surface area contributed by atoms with E-state index >= 15 is 0 Å². The summed E-state index contributed by atoms with van der Waals surface area (Å²) < 4.78 is 0. The van der Waals surface area contributed by atoms with Gasteiger partial charge in [-0.1, -0.05) is 209 Å². The first-order valence-corrected chi connectivity index (χ1v) is 24.0. The van der Waals surface area contributed by atoms with Gasteiger partial charge in [0.05, 0.1) is 0 Å². The zero-order valence-electron chi connectivity index (χ0n) is 37.3. The summed E-state index contributed by atoms with van der Waals surface area (Å²) in [7, 11) is 0. The largest absolute Gasteiger partial charge is 0.300 e. The van der Waals surface area contributed by atoms with Gasteiger partial charge in [0.1, 0.15) is 5.78 Å². The summed E-state index contributed by atoms with van der Waals surface area (Å²) in [4.78, 5) is 25.3. The van der Waals surface area contributed by atoms with Gasteiger partial charge in [-0.05, 0) is 108 Å². The van der Waals surface area contributed by atoms with Crippen LogP contribution < -0.4 is 0 Å². The van der Waals surface area contributed by atoms with Crippen molar-refractivity contribution >= 4 is 11.6 Å². The molecule has 0 radical (unpaired) electrons. The van der Waals surface area contributed by atoms with Gasteiger partial charge < -0.3 is 0 Å². The molecule has 0 heterocycles. The maximum absolute atomic E-state index is 13.0. The van der Waals surface area contributed by atoms with Crippen LogP contribution in [0.3, 0.4) is 0 Å². The van der Waals surface area contributed by atoms with Gasteiger partial charge >= 0.3 is 0 Å². The number of rotatable bonds is 42. The average molecular weight is 771 g/mol. The Morgan fingerprint density at radius 1 is 0.375 bits per heavy atom. The zero-order chi connectivity index (χ0) is 40.7. The molecule has 0 aromatic rings. The van der Waals surface area contributed by atoms with E-state index in [1.807, 2.05) is 12.2 Å². The smallest absolute Gasteiger partial charge is 0.181 e. The van der Waals surface area contributed by atoms with Crippen LogP contribution in [0.1, 0.15) is 233 Å². The van der Waals surface area contributed by atoms with Gasteiger partial charge in [0, 0.05) is 12.8 Å². The topological polar surface area (TPSA) is 34.1 Å². The Morgan fingerprint density at radius 2 is 0.786 bits per heavy atom. The molecule has 0 saturated heterocycles. The lowest BCUT2D eigenvalue weighted by molar-refractivity contribution is -0.119. The van der Waals surface area contributed by atoms with E-state index in [1.165, 1.54) is 122 Å². The Balaban J connectivity index is 3.99. The van der Waals surface area contributed by atoms with Crippen molar-refractivity contribution in [1.82, 2.24) is 0 Å². The summed E-state index contributed by atoms with van der Waals surface area (Å²) in [5.41, 5.74) is 0.883. The van der Waals surface area contributed by atoms with Crippen LogP contribution in [-0.4, -0.2) is 11.6 Å².